The molecule has 12 heteroatoms. The number of aromatic nitrogens is 4. The first-order valence-electron chi connectivity index (χ1n) is 7.61. The predicted molar refractivity (Wildman–Crippen MR) is 88.6 cm³/mol. The second-order valence-electron chi connectivity index (χ2n) is 5.91. The molecule has 0 fully saturated rings. The zero-order valence-electron chi connectivity index (χ0n) is 14.1. The van der Waals surface area contributed by atoms with Crippen molar-refractivity contribution in [3.8, 4) is 0 Å². The molecule has 0 aliphatic carbocycles. The molecule has 1 heterocycles. The van der Waals surface area contributed by atoms with E-state index in [2.05, 4.69) is 15.5 Å². The van der Waals surface area contributed by atoms with Gasteiger partial charge in [0.15, 0.2) is 0 Å². The van der Waals surface area contributed by atoms with E-state index in [9.17, 15) is 25.6 Å². The quantitative estimate of drug-likeness (QED) is 0.604. The molecule has 0 bridgehead atoms. The average Bonchev–Trinajstić information content (AvgIpc) is 2.96. The number of hydrogen-bond acceptors (Lipinski definition) is 7. The molecule has 144 valence electrons. The first-order valence-corrected chi connectivity index (χ1v) is 11.2. The molecule has 0 N–H and O–H groups in total. The van der Waals surface area contributed by atoms with Gasteiger partial charge in [-0.3, -0.25) is 0 Å². The highest BCUT2D eigenvalue weighted by atomic mass is 32.2. The van der Waals surface area contributed by atoms with E-state index in [1.165, 1.54) is 7.05 Å². The number of sulfone groups is 2. The minimum Gasteiger partial charge on any atom is -0.229 e. The summed E-state index contributed by atoms with van der Waals surface area (Å²) in [4.78, 5) is 0. The Kier molecular flexibility index (Phi) is 6.06. The van der Waals surface area contributed by atoms with Crippen LogP contribution in [0, 0.1) is 11.6 Å². The van der Waals surface area contributed by atoms with Crippen molar-refractivity contribution in [2.24, 2.45) is 7.05 Å². The maximum atomic E-state index is 14.2. The molecule has 0 saturated heterocycles. The summed E-state index contributed by atoms with van der Waals surface area (Å²) in [5, 5.41) is 8.26. The first-order chi connectivity index (χ1) is 12.0. The van der Waals surface area contributed by atoms with Gasteiger partial charge in [0, 0.05) is 24.6 Å². The molecule has 1 aromatic carbocycles. The van der Waals surface area contributed by atoms with E-state index in [1.54, 1.807) is 0 Å². The molecule has 0 aliphatic rings. The van der Waals surface area contributed by atoms with Crippen LogP contribution in [0.2, 0.25) is 0 Å². The normalized spacial score (nSPS) is 13.7. The second-order valence-corrected chi connectivity index (χ2v) is 10.2. The van der Waals surface area contributed by atoms with E-state index in [4.69, 9.17) is 0 Å². The van der Waals surface area contributed by atoms with E-state index in [0.29, 0.717) is 0 Å². The third-order valence-electron chi connectivity index (χ3n) is 3.75. The molecular formula is C14H18F2N4O4S2. The lowest BCUT2D eigenvalue weighted by Crippen LogP contribution is -2.19. The van der Waals surface area contributed by atoms with E-state index >= 15 is 0 Å². The van der Waals surface area contributed by atoms with Crippen LogP contribution >= 0.6 is 0 Å². The van der Waals surface area contributed by atoms with Gasteiger partial charge in [0.2, 0.25) is 9.84 Å². The number of halogens is 2. The Morgan fingerprint density at radius 2 is 1.85 bits per heavy atom. The molecule has 2 rings (SSSR count). The maximum absolute atomic E-state index is 14.2. The van der Waals surface area contributed by atoms with Crippen molar-refractivity contribution >= 4 is 19.7 Å². The third kappa shape index (κ3) is 4.81. The topological polar surface area (TPSA) is 112 Å². The van der Waals surface area contributed by atoms with Crippen LogP contribution < -0.4 is 0 Å². The van der Waals surface area contributed by atoms with E-state index in [-0.39, 0.29) is 30.6 Å². The smallest absolute Gasteiger partial charge is 0.229 e. The number of hydrogen-bond donors (Lipinski definition) is 0. The fourth-order valence-corrected chi connectivity index (χ4v) is 5.05. The Morgan fingerprint density at radius 3 is 2.42 bits per heavy atom. The number of rotatable bonds is 8. The van der Waals surface area contributed by atoms with E-state index in [1.807, 2.05) is 0 Å². The number of tetrazole rings is 1. The lowest BCUT2D eigenvalue weighted by atomic mass is 10.1. The zero-order valence-corrected chi connectivity index (χ0v) is 15.8. The van der Waals surface area contributed by atoms with Crippen LogP contribution in [0.4, 0.5) is 8.78 Å². The molecule has 1 unspecified atom stereocenters. The Hall–Kier alpha value is -1.95. The molecule has 0 saturated carbocycles. The first kappa shape index (κ1) is 20.4. The molecule has 0 spiro atoms. The summed E-state index contributed by atoms with van der Waals surface area (Å²) in [6.07, 6.45) is 1.33. The van der Waals surface area contributed by atoms with Gasteiger partial charge in [-0.1, -0.05) is 11.5 Å². The van der Waals surface area contributed by atoms with Crippen LogP contribution in [-0.4, -0.2) is 49.1 Å². The van der Waals surface area contributed by atoms with E-state index in [0.717, 1.165) is 29.1 Å². The number of benzene rings is 1. The Balaban J connectivity index is 2.39. The Bertz CT molecular complexity index is 990. The van der Waals surface area contributed by atoms with Gasteiger partial charge in [0.1, 0.15) is 21.5 Å². The van der Waals surface area contributed by atoms with Gasteiger partial charge in [-0.25, -0.2) is 30.3 Å². The van der Waals surface area contributed by atoms with Gasteiger partial charge in [0.05, 0.1) is 5.25 Å². The summed E-state index contributed by atoms with van der Waals surface area (Å²) in [5.41, 5.74) is -0.340. The molecular weight excluding hydrogens is 390 g/mol. The lowest BCUT2D eigenvalue weighted by Gasteiger charge is -2.18. The molecule has 0 amide bonds. The summed E-state index contributed by atoms with van der Waals surface area (Å²) >= 11 is 0. The summed E-state index contributed by atoms with van der Waals surface area (Å²) in [5.74, 6) is -1.79. The Morgan fingerprint density at radius 1 is 1.15 bits per heavy atom. The highest BCUT2D eigenvalue weighted by Crippen LogP contribution is 2.34. The van der Waals surface area contributed by atoms with Gasteiger partial charge in [-0.15, -0.1) is 0 Å². The van der Waals surface area contributed by atoms with Crippen molar-refractivity contribution in [3.63, 3.8) is 0 Å². The lowest BCUT2D eigenvalue weighted by molar-refractivity contribution is 0.529. The number of nitrogens with zero attached hydrogens (tertiary/aromatic N) is 4. The molecule has 2 aromatic rings. The highest BCUT2D eigenvalue weighted by Gasteiger charge is 2.35. The van der Waals surface area contributed by atoms with Crippen molar-refractivity contribution in [2.75, 3.05) is 12.0 Å². The summed E-state index contributed by atoms with van der Waals surface area (Å²) < 4.78 is 76.9. The minimum atomic E-state index is -4.23. The standard InChI is InChI=1S/C14H18F2N4O4S2/c1-20-14(17-18-19-20)26(23,24)13(5-3-4-8-25(2,21)22)11-9-10(15)6-7-12(11)16/h6-7,9,13H,3-5,8H2,1-2H3. The zero-order chi connectivity index (χ0) is 19.5. The molecule has 8 nitrogen and oxygen atoms in total. The minimum absolute atomic E-state index is 0.106. The van der Waals surface area contributed by atoms with Gasteiger partial charge < -0.3 is 0 Å². The van der Waals surface area contributed by atoms with Crippen molar-refractivity contribution in [1.29, 1.82) is 0 Å². The van der Waals surface area contributed by atoms with Gasteiger partial charge in [-0.05, 0) is 41.5 Å². The van der Waals surface area contributed by atoms with Crippen LogP contribution in [0.3, 0.4) is 0 Å². The van der Waals surface area contributed by atoms with Crippen LogP contribution in [0.15, 0.2) is 23.4 Å². The Labute approximate surface area is 150 Å². The summed E-state index contributed by atoms with van der Waals surface area (Å²) in [6.45, 7) is 0. The highest BCUT2D eigenvalue weighted by molar-refractivity contribution is 7.91. The molecule has 1 aromatic heterocycles. The fourth-order valence-electron chi connectivity index (χ4n) is 2.52. The summed E-state index contributed by atoms with van der Waals surface area (Å²) in [6, 6.07) is 2.55. The largest absolute Gasteiger partial charge is 0.268 e. The van der Waals surface area contributed by atoms with Gasteiger partial charge >= 0.3 is 0 Å². The number of aryl methyl sites for hydroxylation is 1. The average molecular weight is 408 g/mol. The van der Waals surface area contributed by atoms with Crippen LogP contribution in [0.5, 0.6) is 0 Å². The molecule has 1 atom stereocenters. The van der Waals surface area contributed by atoms with Crippen LogP contribution in [0.25, 0.3) is 0 Å². The predicted octanol–water partition coefficient (Wildman–Crippen LogP) is 1.22. The number of unbranched alkanes of at least 4 members (excludes halogenated alkanes) is 1. The van der Waals surface area contributed by atoms with Crippen LogP contribution in [-0.2, 0) is 26.7 Å². The van der Waals surface area contributed by atoms with Crippen molar-refractivity contribution in [1.82, 2.24) is 20.2 Å². The fraction of sp³-hybridized carbons (Fsp3) is 0.500. The van der Waals surface area contributed by atoms with Gasteiger partial charge in [-0.2, -0.15) is 0 Å². The van der Waals surface area contributed by atoms with Crippen LogP contribution in [0.1, 0.15) is 30.1 Å². The van der Waals surface area contributed by atoms with Crippen molar-refractivity contribution in [3.05, 3.63) is 35.4 Å². The monoisotopic (exact) mass is 408 g/mol. The molecule has 0 aliphatic heterocycles. The molecule has 0 radical (unpaired) electrons. The van der Waals surface area contributed by atoms with Crippen molar-refractivity contribution < 1.29 is 25.6 Å². The van der Waals surface area contributed by atoms with Gasteiger partial charge in [0.25, 0.3) is 5.16 Å². The maximum Gasteiger partial charge on any atom is 0.268 e. The SMILES string of the molecule is Cn1nnnc1S(=O)(=O)C(CCCCS(C)(=O)=O)c1cc(F)ccc1F. The third-order valence-corrected chi connectivity index (χ3v) is 6.87. The molecule has 26 heavy (non-hydrogen) atoms. The summed E-state index contributed by atoms with van der Waals surface area (Å²) in [7, 11) is -6.12. The second kappa shape index (κ2) is 7.74. The van der Waals surface area contributed by atoms with Crippen molar-refractivity contribution in [2.45, 2.75) is 29.7 Å². The van der Waals surface area contributed by atoms with E-state index < -0.39 is 41.7 Å².